The number of methoxy groups -OCH3 is 2. The highest BCUT2D eigenvalue weighted by Gasteiger charge is 2.28. The number of nitrogens with zero attached hydrogens (tertiary/aromatic N) is 1. The van der Waals surface area contributed by atoms with Crippen molar-refractivity contribution >= 4 is 27.9 Å². The molecule has 110 valence electrons. The number of carbonyl (C=O) groups is 2. The number of ether oxygens (including phenoxy) is 2. The van der Waals surface area contributed by atoms with Crippen LogP contribution in [0.4, 0.5) is 4.39 Å². The highest BCUT2D eigenvalue weighted by atomic mass is 79.9. The summed E-state index contributed by atoms with van der Waals surface area (Å²) in [5.41, 5.74) is -0.386. The zero-order valence-electron chi connectivity index (χ0n) is 11.0. The Morgan fingerprint density at radius 2 is 1.90 bits per heavy atom. The van der Waals surface area contributed by atoms with Crippen LogP contribution in [0.15, 0.2) is 27.1 Å². The molecule has 1 heterocycles. The molecule has 2 aromatic rings. The van der Waals surface area contributed by atoms with Gasteiger partial charge in [-0.2, -0.15) is 0 Å². The third kappa shape index (κ3) is 2.80. The molecule has 0 spiro atoms. The lowest BCUT2D eigenvalue weighted by atomic mass is 10.2. The van der Waals surface area contributed by atoms with Crippen LogP contribution in [0.1, 0.15) is 21.0 Å². The molecule has 6 nitrogen and oxygen atoms in total. The fraction of sp³-hybridized carbons (Fsp3) is 0.154. The molecule has 1 aromatic heterocycles. The van der Waals surface area contributed by atoms with Crippen molar-refractivity contribution < 1.29 is 27.9 Å². The molecule has 21 heavy (non-hydrogen) atoms. The van der Waals surface area contributed by atoms with Crippen molar-refractivity contribution in [2.24, 2.45) is 0 Å². The number of carbonyl (C=O) groups excluding carboxylic acids is 2. The van der Waals surface area contributed by atoms with E-state index in [0.29, 0.717) is 0 Å². The van der Waals surface area contributed by atoms with Gasteiger partial charge in [-0.1, -0.05) is 6.07 Å². The molecule has 0 saturated heterocycles. The number of oxazole rings is 1. The van der Waals surface area contributed by atoms with E-state index in [0.717, 1.165) is 14.2 Å². The Kier molecular flexibility index (Phi) is 4.37. The van der Waals surface area contributed by atoms with Gasteiger partial charge in [0.1, 0.15) is 5.82 Å². The Hall–Kier alpha value is -2.22. The summed E-state index contributed by atoms with van der Waals surface area (Å²) in [5.74, 6) is -3.11. The van der Waals surface area contributed by atoms with E-state index < -0.39 is 23.5 Å². The highest BCUT2D eigenvalue weighted by molar-refractivity contribution is 9.10. The van der Waals surface area contributed by atoms with Crippen LogP contribution in [0.2, 0.25) is 0 Å². The summed E-state index contributed by atoms with van der Waals surface area (Å²) in [7, 11) is 2.24. The van der Waals surface area contributed by atoms with Crippen molar-refractivity contribution in [2.75, 3.05) is 14.2 Å². The lowest BCUT2D eigenvalue weighted by Gasteiger charge is -1.99. The van der Waals surface area contributed by atoms with E-state index in [-0.39, 0.29) is 21.6 Å². The molecule has 0 radical (unpaired) electrons. The van der Waals surface area contributed by atoms with Crippen LogP contribution in [0.25, 0.3) is 11.5 Å². The molecule has 0 aliphatic rings. The lowest BCUT2D eigenvalue weighted by molar-refractivity contribution is 0.0527. The second-order valence-corrected chi connectivity index (χ2v) is 4.64. The second-order valence-electron chi connectivity index (χ2n) is 3.78. The second kappa shape index (κ2) is 6.04. The molecule has 8 heteroatoms. The lowest BCUT2D eigenvalue weighted by Crippen LogP contribution is -2.10. The van der Waals surface area contributed by atoms with Crippen LogP contribution in [-0.2, 0) is 9.47 Å². The van der Waals surface area contributed by atoms with Crippen LogP contribution in [0, 0.1) is 5.82 Å². The van der Waals surface area contributed by atoms with E-state index in [9.17, 15) is 14.0 Å². The average molecular weight is 358 g/mol. The largest absolute Gasteiger partial charge is 0.464 e. The number of esters is 2. The Bertz CT molecular complexity index is 679. The summed E-state index contributed by atoms with van der Waals surface area (Å²) in [6, 6.07) is 4.45. The molecule has 2 rings (SSSR count). The van der Waals surface area contributed by atoms with Gasteiger partial charge in [0.2, 0.25) is 17.3 Å². The maximum atomic E-state index is 14.0. The molecule has 0 saturated carbocycles. The van der Waals surface area contributed by atoms with E-state index in [1.54, 1.807) is 6.07 Å². The first-order valence-corrected chi connectivity index (χ1v) is 6.40. The number of rotatable bonds is 3. The molecule has 0 unspecified atom stereocenters. The number of aromatic nitrogens is 1. The number of hydrogen-bond donors (Lipinski definition) is 0. The zero-order valence-corrected chi connectivity index (χ0v) is 12.6. The summed E-state index contributed by atoms with van der Waals surface area (Å²) >= 11 is 3.03. The summed E-state index contributed by atoms with van der Waals surface area (Å²) in [4.78, 5) is 27.0. The highest BCUT2D eigenvalue weighted by Crippen LogP contribution is 2.29. The van der Waals surface area contributed by atoms with Gasteiger partial charge >= 0.3 is 11.9 Å². The summed E-state index contributed by atoms with van der Waals surface area (Å²) in [5, 5.41) is 0. The van der Waals surface area contributed by atoms with Gasteiger partial charge in [0, 0.05) is 0 Å². The van der Waals surface area contributed by atoms with Crippen molar-refractivity contribution in [1.29, 1.82) is 0 Å². The van der Waals surface area contributed by atoms with Crippen molar-refractivity contribution in [3.63, 3.8) is 0 Å². The van der Waals surface area contributed by atoms with E-state index in [1.807, 2.05) is 0 Å². The van der Waals surface area contributed by atoms with Gasteiger partial charge in [-0.25, -0.2) is 19.0 Å². The minimum absolute atomic E-state index is 0.00955. The Balaban J connectivity index is 2.61. The molecule has 1 aromatic carbocycles. The monoisotopic (exact) mass is 357 g/mol. The predicted molar refractivity (Wildman–Crippen MR) is 72.3 cm³/mol. The summed E-state index contributed by atoms with van der Waals surface area (Å²) < 4.78 is 28.4. The molecule has 0 fully saturated rings. The van der Waals surface area contributed by atoms with Crippen LogP contribution in [-0.4, -0.2) is 31.1 Å². The van der Waals surface area contributed by atoms with Gasteiger partial charge < -0.3 is 13.9 Å². The first kappa shape index (κ1) is 15.2. The molecular formula is C13H9BrFNO5. The number of hydrogen-bond acceptors (Lipinski definition) is 6. The van der Waals surface area contributed by atoms with Crippen LogP contribution >= 0.6 is 15.9 Å². The van der Waals surface area contributed by atoms with E-state index in [4.69, 9.17) is 4.42 Å². The van der Waals surface area contributed by atoms with Crippen LogP contribution in [0.3, 0.4) is 0 Å². The molecule has 0 bridgehead atoms. The molecule has 0 amide bonds. The van der Waals surface area contributed by atoms with E-state index in [1.165, 1.54) is 12.1 Å². The van der Waals surface area contributed by atoms with Gasteiger partial charge in [-0.05, 0) is 28.1 Å². The summed E-state index contributed by atoms with van der Waals surface area (Å²) in [6.07, 6.45) is 0. The predicted octanol–water partition coefficient (Wildman–Crippen LogP) is 2.82. The Morgan fingerprint density at radius 3 is 2.52 bits per heavy atom. The van der Waals surface area contributed by atoms with Crippen LogP contribution in [0.5, 0.6) is 0 Å². The first-order valence-electron chi connectivity index (χ1n) is 5.61. The Labute approximate surface area is 127 Å². The topological polar surface area (TPSA) is 78.6 Å². The third-order valence-corrected chi connectivity index (χ3v) is 3.17. The Morgan fingerprint density at radius 1 is 1.24 bits per heavy atom. The minimum atomic E-state index is -0.912. The quantitative estimate of drug-likeness (QED) is 0.786. The smallest absolute Gasteiger partial charge is 0.376 e. The zero-order chi connectivity index (χ0) is 15.6. The standard InChI is InChI=1S/C13H9BrFNO5/c1-19-12(17)9-10(13(18)20-2)21-11(16-9)6-4-3-5-7(14)8(6)15/h3-5H,1-2H3. The normalized spacial score (nSPS) is 10.3. The van der Waals surface area contributed by atoms with Crippen molar-refractivity contribution in [2.45, 2.75) is 0 Å². The van der Waals surface area contributed by atoms with Crippen molar-refractivity contribution in [1.82, 2.24) is 4.98 Å². The third-order valence-electron chi connectivity index (χ3n) is 2.56. The average Bonchev–Trinajstić information content (AvgIpc) is 2.93. The van der Waals surface area contributed by atoms with Gasteiger partial charge in [-0.15, -0.1) is 0 Å². The van der Waals surface area contributed by atoms with Gasteiger partial charge in [0.05, 0.1) is 24.3 Å². The van der Waals surface area contributed by atoms with Gasteiger partial charge in [0.15, 0.2) is 0 Å². The van der Waals surface area contributed by atoms with E-state index in [2.05, 4.69) is 30.4 Å². The molecule has 0 aliphatic heterocycles. The van der Waals surface area contributed by atoms with Crippen molar-refractivity contribution in [3.8, 4) is 11.5 Å². The maximum Gasteiger partial charge on any atom is 0.376 e. The number of halogens is 2. The molecule has 0 N–H and O–H groups in total. The fourth-order valence-electron chi connectivity index (χ4n) is 1.57. The first-order chi connectivity index (χ1) is 9.99. The van der Waals surface area contributed by atoms with Crippen molar-refractivity contribution in [3.05, 3.63) is 39.9 Å². The minimum Gasteiger partial charge on any atom is -0.464 e. The van der Waals surface area contributed by atoms with Gasteiger partial charge in [-0.3, -0.25) is 0 Å². The van der Waals surface area contributed by atoms with Gasteiger partial charge in [0.25, 0.3) is 0 Å². The van der Waals surface area contributed by atoms with Crippen LogP contribution < -0.4 is 0 Å². The molecule has 0 aliphatic carbocycles. The summed E-state index contributed by atoms with van der Waals surface area (Å²) in [6.45, 7) is 0. The number of benzene rings is 1. The maximum absolute atomic E-state index is 14.0. The SMILES string of the molecule is COC(=O)c1nc(-c2cccc(Br)c2F)oc1C(=O)OC. The molecular weight excluding hydrogens is 349 g/mol. The molecule has 0 atom stereocenters. The fourth-order valence-corrected chi connectivity index (χ4v) is 1.94. The van der Waals surface area contributed by atoms with E-state index >= 15 is 0 Å².